The number of nitrogens with one attached hydrogen (secondary N) is 1. The normalized spacial score (nSPS) is 24.1. The van der Waals surface area contributed by atoms with Crippen molar-refractivity contribution in [1.29, 1.82) is 0 Å². The number of nitrogens with zero attached hydrogens (tertiary/aromatic N) is 5. The lowest BCUT2D eigenvalue weighted by Gasteiger charge is -2.35. The minimum absolute atomic E-state index is 0.00899. The maximum absolute atomic E-state index is 13.8. The fraction of sp³-hybridized carbons (Fsp3) is 0.484. The largest absolute Gasteiger partial charge is 0.324 e. The topological polar surface area (TPSA) is 83.4 Å². The van der Waals surface area contributed by atoms with E-state index in [-0.39, 0.29) is 29.3 Å². The third-order valence-electron chi connectivity index (χ3n) is 9.43. The number of anilines is 1. The first-order valence-corrected chi connectivity index (χ1v) is 14.4. The van der Waals surface area contributed by atoms with Gasteiger partial charge in [0.15, 0.2) is 5.78 Å². The first-order valence-electron chi connectivity index (χ1n) is 14.4. The quantitative estimate of drug-likeness (QED) is 0.498. The van der Waals surface area contributed by atoms with Crippen LogP contribution in [0.4, 0.5) is 10.5 Å². The molecule has 2 saturated heterocycles. The Hall–Kier alpha value is -3.52. The van der Waals surface area contributed by atoms with E-state index >= 15 is 0 Å². The standard InChI is InChI=1S/C31H36N6O2/c1-31(11-12-31)29-25(28(38)26-17-23(19-33-26)22-6-4-13-32-18-22)20-34-37(29)24-9-14-35(15-10-24)30(39)36-16-8-21-5-2-3-7-27(21)36/h2-7,13,18,20,23-24,26,33H,8-12,14-17,19H2,1H3. The van der Waals surface area contributed by atoms with Gasteiger partial charge in [-0.25, -0.2) is 4.79 Å². The summed E-state index contributed by atoms with van der Waals surface area (Å²) in [5, 5.41) is 8.32. The predicted octanol–water partition coefficient (Wildman–Crippen LogP) is 4.48. The van der Waals surface area contributed by atoms with Gasteiger partial charge < -0.3 is 10.2 Å². The van der Waals surface area contributed by atoms with Gasteiger partial charge >= 0.3 is 6.03 Å². The summed E-state index contributed by atoms with van der Waals surface area (Å²) >= 11 is 0. The highest BCUT2D eigenvalue weighted by atomic mass is 16.2. The molecular formula is C31H36N6O2. The van der Waals surface area contributed by atoms with Crippen LogP contribution in [0.5, 0.6) is 0 Å². The smallest absolute Gasteiger partial charge is 0.324 e. The van der Waals surface area contributed by atoms with E-state index in [9.17, 15) is 9.59 Å². The number of urea groups is 1. The summed E-state index contributed by atoms with van der Waals surface area (Å²) < 4.78 is 2.15. The van der Waals surface area contributed by atoms with Gasteiger partial charge in [0.1, 0.15) is 0 Å². The number of amides is 2. The molecular weight excluding hydrogens is 488 g/mol. The molecule has 0 bridgehead atoms. The van der Waals surface area contributed by atoms with Gasteiger partial charge in [0.05, 0.1) is 29.5 Å². The van der Waals surface area contributed by atoms with E-state index in [4.69, 9.17) is 5.10 Å². The van der Waals surface area contributed by atoms with Crippen LogP contribution in [0.15, 0.2) is 55.0 Å². The number of likely N-dealkylation sites (tertiary alicyclic amines) is 1. The molecule has 0 spiro atoms. The molecule has 1 N–H and O–H groups in total. The number of ketones is 1. The van der Waals surface area contributed by atoms with Gasteiger partial charge in [-0.05, 0) is 67.7 Å². The maximum atomic E-state index is 13.8. The lowest BCUT2D eigenvalue weighted by molar-refractivity contribution is 0.0949. The molecule has 1 aliphatic carbocycles. The zero-order valence-electron chi connectivity index (χ0n) is 22.6. The van der Waals surface area contributed by atoms with Crippen molar-refractivity contribution in [3.63, 3.8) is 0 Å². The van der Waals surface area contributed by atoms with E-state index in [1.807, 2.05) is 40.4 Å². The van der Waals surface area contributed by atoms with Crippen molar-refractivity contribution < 1.29 is 9.59 Å². The van der Waals surface area contributed by atoms with Crippen LogP contribution in [0.3, 0.4) is 0 Å². The predicted molar refractivity (Wildman–Crippen MR) is 149 cm³/mol. The number of pyridine rings is 1. The molecule has 3 fully saturated rings. The number of hydrogen-bond donors (Lipinski definition) is 1. The summed E-state index contributed by atoms with van der Waals surface area (Å²) in [6.45, 7) is 5.22. The summed E-state index contributed by atoms with van der Waals surface area (Å²) in [5.74, 6) is 0.461. The van der Waals surface area contributed by atoms with Crippen LogP contribution in [0.1, 0.15) is 78.2 Å². The number of rotatable bonds is 5. The van der Waals surface area contributed by atoms with Crippen LogP contribution >= 0.6 is 0 Å². The van der Waals surface area contributed by atoms with Crippen molar-refractivity contribution in [2.45, 2.75) is 68.9 Å². The number of fused-ring (bicyclic) bond motifs is 1. The molecule has 5 heterocycles. The number of para-hydroxylation sites is 1. The molecule has 2 atom stereocenters. The van der Waals surface area contributed by atoms with Crippen LogP contribution in [0, 0.1) is 0 Å². The number of piperidine rings is 1. The second-order valence-corrected chi connectivity index (χ2v) is 12.0. The van der Waals surface area contributed by atoms with Crippen molar-refractivity contribution in [2.24, 2.45) is 0 Å². The molecule has 4 aliphatic rings. The fourth-order valence-electron chi connectivity index (χ4n) is 6.85. The van der Waals surface area contributed by atoms with Crippen LogP contribution in [-0.2, 0) is 11.8 Å². The van der Waals surface area contributed by atoms with E-state index in [1.165, 1.54) is 11.1 Å². The Labute approximate surface area is 229 Å². The molecule has 2 amide bonds. The van der Waals surface area contributed by atoms with Crippen LogP contribution in [0.2, 0.25) is 0 Å². The highest BCUT2D eigenvalue weighted by Gasteiger charge is 2.47. The van der Waals surface area contributed by atoms with E-state index in [0.717, 1.165) is 68.6 Å². The molecule has 1 aromatic carbocycles. The Kier molecular flexibility index (Phi) is 6.03. The number of carbonyl (C=O) groups is 2. The van der Waals surface area contributed by atoms with Crippen molar-refractivity contribution >= 4 is 17.5 Å². The monoisotopic (exact) mass is 524 g/mol. The minimum atomic E-state index is -0.197. The average molecular weight is 525 g/mol. The average Bonchev–Trinajstić information content (AvgIpc) is 3.40. The third-order valence-corrected chi connectivity index (χ3v) is 9.43. The summed E-state index contributed by atoms with van der Waals surface area (Å²) in [6.07, 6.45) is 11.1. The van der Waals surface area contributed by atoms with E-state index < -0.39 is 0 Å². The number of benzene rings is 1. The number of Topliss-reactive ketones (excluding diaryl/α,β-unsaturated/α-hetero) is 1. The van der Waals surface area contributed by atoms with Crippen LogP contribution < -0.4 is 10.2 Å². The lowest BCUT2D eigenvalue weighted by Crippen LogP contribution is -2.46. The number of hydrogen-bond acceptors (Lipinski definition) is 5. The summed E-state index contributed by atoms with van der Waals surface area (Å²) in [7, 11) is 0. The zero-order chi connectivity index (χ0) is 26.6. The van der Waals surface area contributed by atoms with Gasteiger partial charge in [-0.1, -0.05) is 31.2 Å². The zero-order valence-corrected chi connectivity index (χ0v) is 22.6. The molecule has 39 heavy (non-hydrogen) atoms. The summed E-state index contributed by atoms with van der Waals surface area (Å²) in [6, 6.07) is 12.4. The summed E-state index contributed by atoms with van der Waals surface area (Å²) in [5.41, 5.74) is 5.39. The van der Waals surface area contributed by atoms with Gasteiger partial charge in [-0.3, -0.25) is 19.4 Å². The molecule has 0 radical (unpaired) electrons. The van der Waals surface area contributed by atoms with Crippen molar-refractivity contribution in [1.82, 2.24) is 25.0 Å². The van der Waals surface area contributed by atoms with Gasteiger partial charge in [0.2, 0.25) is 0 Å². The number of aromatic nitrogens is 3. The lowest BCUT2D eigenvalue weighted by atomic mass is 9.91. The summed E-state index contributed by atoms with van der Waals surface area (Å²) in [4.78, 5) is 35.4. The van der Waals surface area contributed by atoms with Gasteiger partial charge in [-0.15, -0.1) is 0 Å². The second kappa shape index (κ2) is 9.59. The van der Waals surface area contributed by atoms with E-state index in [2.05, 4.69) is 40.1 Å². The Morgan fingerprint density at radius 3 is 2.62 bits per heavy atom. The van der Waals surface area contributed by atoms with Gasteiger partial charge in [0, 0.05) is 49.7 Å². The minimum Gasteiger partial charge on any atom is -0.324 e. The first kappa shape index (κ1) is 24.5. The third kappa shape index (κ3) is 4.35. The number of carbonyl (C=O) groups excluding carboxylic acids is 2. The highest BCUT2D eigenvalue weighted by molar-refractivity contribution is 6.01. The van der Waals surface area contributed by atoms with Crippen molar-refractivity contribution in [2.75, 3.05) is 31.1 Å². The van der Waals surface area contributed by atoms with Crippen LogP contribution in [0.25, 0.3) is 0 Å². The fourth-order valence-corrected chi connectivity index (χ4v) is 6.85. The van der Waals surface area contributed by atoms with Gasteiger partial charge in [0.25, 0.3) is 0 Å². The Morgan fingerprint density at radius 2 is 1.85 bits per heavy atom. The van der Waals surface area contributed by atoms with Crippen molar-refractivity contribution in [3.8, 4) is 0 Å². The molecule has 8 nitrogen and oxygen atoms in total. The Morgan fingerprint density at radius 1 is 1.03 bits per heavy atom. The maximum Gasteiger partial charge on any atom is 0.324 e. The Balaban J connectivity index is 1.06. The first-order chi connectivity index (χ1) is 19.0. The van der Waals surface area contributed by atoms with Crippen molar-refractivity contribution in [3.05, 3.63) is 77.4 Å². The Bertz CT molecular complexity index is 1390. The molecule has 2 aromatic heterocycles. The molecule has 3 aliphatic heterocycles. The van der Waals surface area contributed by atoms with E-state index in [0.29, 0.717) is 19.0 Å². The molecule has 7 rings (SSSR count). The van der Waals surface area contributed by atoms with Gasteiger partial charge in [-0.2, -0.15) is 5.10 Å². The SMILES string of the molecule is CC1(c2c(C(=O)C3CC(c4cccnc4)CN3)cnn2C2CCN(C(=O)N3CCc4ccccc43)CC2)CC1. The highest BCUT2D eigenvalue weighted by Crippen LogP contribution is 2.50. The molecule has 8 heteroatoms. The van der Waals surface area contributed by atoms with E-state index in [1.54, 1.807) is 6.20 Å². The molecule has 2 unspecified atom stereocenters. The molecule has 202 valence electrons. The second-order valence-electron chi connectivity index (χ2n) is 12.0. The van der Waals surface area contributed by atoms with Crippen LogP contribution in [-0.4, -0.2) is 63.7 Å². The molecule has 1 saturated carbocycles. The molecule has 3 aromatic rings.